The molecular weight excluding hydrogens is 634 g/mol. The number of hydroxylamine groups is 2. The van der Waals surface area contributed by atoms with Gasteiger partial charge in [-0.25, -0.2) is 9.59 Å². The van der Waals surface area contributed by atoms with Crippen LogP contribution in [0, 0.1) is 0 Å². The normalized spacial score (nSPS) is 19.4. The molecule has 0 aromatic heterocycles. The van der Waals surface area contributed by atoms with E-state index in [-0.39, 0.29) is 33.9 Å². The summed E-state index contributed by atoms with van der Waals surface area (Å²) >= 11 is 0. The van der Waals surface area contributed by atoms with Crippen molar-refractivity contribution in [3.63, 3.8) is 0 Å². The smallest absolute Gasteiger partial charge is 0.480 e. The summed E-state index contributed by atoms with van der Waals surface area (Å²) in [6.45, 7) is 1.59. The molecule has 2 amide bonds. The van der Waals surface area contributed by atoms with Gasteiger partial charge in [0.05, 0.1) is 19.6 Å². The summed E-state index contributed by atoms with van der Waals surface area (Å²) in [5.74, 6) is -6.67. The van der Waals surface area contributed by atoms with Gasteiger partial charge >= 0.3 is 64.5 Å². The van der Waals surface area contributed by atoms with Crippen LogP contribution in [0.2, 0.25) is 0 Å². The molecule has 0 aromatic carbocycles. The molecule has 0 bridgehead atoms. The third kappa shape index (κ3) is 21.4. The van der Waals surface area contributed by atoms with Gasteiger partial charge in [-0.05, 0) is 0 Å². The van der Waals surface area contributed by atoms with Gasteiger partial charge in [0.2, 0.25) is 0 Å². The minimum absolute atomic E-state index is 0. The summed E-state index contributed by atoms with van der Waals surface area (Å²) < 4.78 is 90.9. The molecule has 2 aliphatic rings. The van der Waals surface area contributed by atoms with Crippen LogP contribution in [-0.4, -0.2) is 136 Å². The number of imide groups is 1. The van der Waals surface area contributed by atoms with Gasteiger partial charge in [0.25, 0.3) is 11.8 Å². The van der Waals surface area contributed by atoms with Crippen molar-refractivity contribution in [2.45, 2.75) is 19.0 Å². The Morgan fingerprint density at radius 1 is 0.690 bits per heavy atom. The van der Waals surface area contributed by atoms with E-state index in [2.05, 4.69) is 0 Å². The Bertz CT molecular complexity index is 979. The van der Waals surface area contributed by atoms with Gasteiger partial charge in [0, 0.05) is 52.1 Å². The molecule has 0 radical (unpaired) electrons. The number of carboxylic acids is 3. The van der Waals surface area contributed by atoms with E-state index in [0.717, 1.165) is 0 Å². The number of amides is 2. The van der Waals surface area contributed by atoms with Crippen molar-refractivity contribution in [1.82, 2.24) is 19.8 Å². The second kappa shape index (κ2) is 14.2. The summed E-state index contributed by atoms with van der Waals surface area (Å²) in [6, 6.07) is 0. The van der Waals surface area contributed by atoms with E-state index in [0.29, 0.717) is 44.3 Å². The van der Waals surface area contributed by atoms with Crippen molar-refractivity contribution in [3.8, 4) is 0 Å². The molecule has 0 aliphatic carbocycles. The molecule has 2 fully saturated rings. The Kier molecular flexibility index (Phi) is 13.1. The molecule has 0 spiro atoms. The fourth-order valence-corrected chi connectivity index (χ4v) is 3.01. The standard InChI is InChI=1S/C16H24N4O8.C2HF3O2.F6P/c21-12-1-2-13(22)20(12)28-16(27)11-19-7-5-17(9-14(23)24)3-4-18(6-8-19)10-15(25)26;3-2(4,5)1(6)7;1-7(2,3,4,5)6/h1-11H2,(H,23,24)(H,25,26);(H,6,7);/q;;-1/p+1. The number of carbonyl (C=O) groups is 6. The number of alkyl halides is 3. The molecule has 2 heterocycles. The molecule has 246 valence electrons. The first-order valence-electron chi connectivity index (χ1n) is 11.2. The SMILES string of the molecule is F[P-](F)(F)(F)(F)F.O=C(O)C(F)(F)F.O=C(O)CN1CCN(CC(=O)O)CCN(CC(=O)ON2C(=O)CCC2=O)CC1.[H+]. The Hall–Kier alpha value is -3.30. The maximum Gasteiger partial charge on any atom is 1.00 e. The van der Waals surface area contributed by atoms with Crippen LogP contribution in [0.4, 0.5) is 38.4 Å². The summed E-state index contributed by atoms with van der Waals surface area (Å²) in [7, 11) is -10.7. The molecule has 0 unspecified atom stereocenters. The van der Waals surface area contributed by atoms with Crippen LogP contribution < -0.4 is 0 Å². The predicted molar refractivity (Wildman–Crippen MR) is 120 cm³/mol. The number of rotatable bonds is 7. The zero-order chi connectivity index (χ0) is 33.2. The number of nitrogens with zero attached hydrogens (tertiary/aromatic N) is 4. The van der Waals surface area contributed by atoms with E-state index in [1.54, 1.807) is 14.7 Å². The second-order valence-electron chi connectivity index (χ2n) is 8.42. The third-order valence-electron chi connectivity index (χ3n) is 4.71. The fraction of sp³-hybridized carbons (Fsp3) is 0.667. The van der Waals surface area contributed by atoms with E-state index in [1.165, 1.54) is 0 Å². The molecule has 42 heavy (non-hydrogen) atoms. The van der Waals surface area contributed by atoms with Crippen LogP contribution in [-0.2, 0) is 33.6 Å². The van der Waals surface area contributed by atoms with Gasteiger partial charge in [-0.1, -0.05) is 0 Å². The summed E-state index contributed by atoms with van der Waals surface area (Å²) in [4.78, 5) is 76.0. The number of halogens is 9. The largest absolute Gasteiger partial charge is 1.00 e. The number of hydrogen-bond donors (Lipinski definition) is 3. The van der Waals surface area contributed by atoms with Crippen molar-refractivity contribution >= 4 is 43.5 Å². The van der Waals surface area contributed by atoms with E-state index in [9.17, 15) is 62.3 Å². The Labute approximate surface area is 230 Å². The molecule has 24 heteroatoms. The van der Waals surface area contributed by atoms with Crippen LogP contribution in [0.25, 0.3) is 0 Å². The van der Waals surface area contributed by atoms with E-state index in [1.807, 2.05) is 0 Å². The first-order chi connectivity index (χ1) is 18.6. The average Bonchev–Trinajstić information content (AvgIpc) is 3.10. The quantitative estimate of drug-likeness (QED) is 0.204. The van der Waals surface area contributed by atoms with Gasteiger partial charge in [-0.15, -0.1) is 5.06 Å². The summed E-state index contributed by atoms with van der Waals surface area (Å²) in [5.41, 5.74) is 0. The van der Waals surface area contributed by atoms with Crippen LogP contribution in [0.3, 0.4) is 0 Å². The molecular formula is C18H26F9N4O10P. The Balaban J connectivity index is 0. The molecule has 2 saturated heterocycles. The molecule has 3 N–H and O–H groups in total. The Morgan fingerprint density at radius 2 is 0.952 bits per heavy atom. The molecule has 0 saturated carbocycles. The average molecular weight is 660 g/mol. The van der Waals surface area contributed by atoms with Gasteiger partial charge in [-0.3, -0.25) is 33.9 Å². The van der Waals surface area contributed by atoms with Crippen molar-refractivity contribution in [3.05, 3.63) is 0 Å². The molecule has 2 aliphatic heterocycles. The third-order valence-corrected chi connectivity index (χ3v) is 4.71. The van der Waals surface area contributed by atoms with Crippen molar-refractivity contribution < 1.29 is 88.7 Å². The minimum Gasteiger partial charge on any atom is -0.480 e. The zero-order valence-corrected chi connectivity index (χ0v) is 22.0. The van der Waals surface area contributed by atoms with Gasteiger partial charge in [0.15, 0.2) is 0 Å². The zero-order valence-electron chi connectivity index (χ0n) is 22.1. The van der Waals surface area contributed by atoms with Gasteiger partial charge in [0.1, 0.15) is 0 Å². The molecule has 2 rings (SSSR count). The molecule has 0 atom stereocenters. The van der Waals surface area contributed by atoms with Crippen molar-refractivity contribution in [1.29, 1.82) is 0 Å². The maximum absolute atomic E-state index is 12.1. The predicted octanol–water partition coefficient (Wildman–Crippen LogP) is 1.81. The van der Waals surface area contributed by atoms with Crippen molar-refractivity contribution in [2.24, 2.45) is 0 Å². The number of hydrogen-bond acceptors (Lipinski definition) is 10. The van der Waals surface area contributed by atoms with Gasteiger partial charge < -0.3 is 20.2 Å². The van der Waals surface area contributed by atoms with Gasteiger partial charge in [-0.2, -0.15) is 13.2 Å². The fourth-order valence-electron chi connectivity index (χ4n) is 3.01. The first-order valence-corrected chi connectivity index (χ1v) is 13.2. The second-order valence-corrected chi connectivity index (χ2v) is 10.3. The van der Waals surface area contributed by atoms with Crippen molar-refractivity contribution in [2.75, 3.05) is 58.9 Å². The minimum atomic E-state index is -10.7. The van der Waals surface area contributed by atoms with Crippen LogP contribution in [0.15, 0.2) is 0 Å². The topological polar surface area (TPSA) is 185 Å². The number of carboxylic acid groups (broad SMARTS) is 3. The van der Waals surface area contributed by atoms with E-state index < -0.39 is 49.7 Å². The monoisotopic (exact) mass is 660 g/mol. The number of aliphatic carboxylic acids is 3. The van der Waals surface area contributed by atoms with E-state index >= 15 is 0 Å². The molecule has 14 nitrogen and oxygen atoms in total. The van der Waals surface area contributed by atoms with Crippen LogP contribution in [0.1, 0.15) is 14.3 Å². The van der Waals surface area contributed by atoms with E-state index in [4.69, 9.17) is 25.0 Å². The molecule has 0 aromatic rings. The van der Waals surface area contributed by atoms with Crippen LogP contribution >= 0.6 is 7.81 Å². The van der Waals surface area contributed by atoms with Crippen LogP contribution in [0.5, 0.6) is 0 Å². The number of carbonyl (C=O) groups excluding carboxylic acids is 3. The summed E-state index contributed by atoms with van der Waals surface area (Å²) in [6.07, 6.45) is -5.08. The maximum atomic E-state index is 12.1. The Morgan fingerprint density at radius 3 is 1.19 bits per heavy atom. The summed E-state index contributed by atoms with van der Waals surface area (Å²) in [5, 5.41) is 25.7. The first kappa shape index (κ1) is 38.7.